The van der Waals surface area contributed by atoms with E-state index in [1.165, 1.54) is 134 Å². The van der Waals surface area contributed by atoms with Gasteiger partial charge in [-0.2, -0.15) is 0 Å². The van der Waals surface area contributed by atoms with Crippen LogP contribution in [0.2, 0.25) is 0 Å². The first-order valence-electron chi connectivity index (χ1n) is 44.4. The molecular weight excluding hydrogens is 2010 g/mol. The quantitative estimate of drug-likeness (QED) is 0.0106. The van der Waals surface area contributed by atoms with E-state index in [4.69, 9.17) is 55.6 Å². The number of aliphatic hydroxyl groups excluding tert-OH is 4. The van der Waals surface area contributed by atoms with Crippen molar-refractivity contribution in [3.63, 3.8) is 0 Å². The van der Waals surface area contributed by atoms with Crippen LogP contribution in [-0.2, 0) is 40.1 Å². The third-order valence-electron chi connectivity index (χ3n) is 21.2. The third kappa shape index (κ3) is 31.8. The Morgan fingerprint density at radius 2 is 0.432 bits per heavy atom. The lowest BCUT2D eigenvalue weighted by atomic mass is 10.1. The number of furan rings is 4. The van der Waals surface area contributed by atoms with Gasteiger partial charge in [-0.05, 0) is 227 Å². The third-order valence-corrected chi connectivity index (χ3v) is 27.7. The van der Waals surface area contributed by atoms with E-state index in [2.05, 4.69) is 102 Å². The molecule has 0 saturated carbocycles. The minimum atomic E-state index is -4.37. The fourth-order valence-electron chi connectivity index (χ4n) is 12.7. The molecule has 0 aliphatic carbocycles. The molecule has 8 aromatic heterocycles. The van der Waals surface area contributed by atoms with Crippen LogP contribution in [0, 0.1) is 55.4 Å². The average molecular weight is 2130 g/mol. The Labute approximate surface area is 853 Å². The van der Waals surface area contributed by atoms with E-state index in [-0.39, 0.29) is 68.6 Å². The maximum absolute atomic E-state index is 13.2. The number of nitrogens with zero attached hydrogens (tertiary/aromatic N) is 8. The molecule has 4 aromatic carbocycles. The number of sulfonamides is 4. The van der Waals surface area contributed by atoms with Gasteiger partial charge in [0.05, 0.1) is 79.7 Å². The lowest BCUT2D eigenvalue weighted by Gasteiger charge is -2.20. The van der Waals surface area contributed by atoms with Gasteiger partial charge in [0.1, 0.15) is 137 Å². The van der Waals surface area contributed by atoms with Crippen LogP contribution in [0.1, 0.15) is 162 Å². The topological polar surface area (TPSA) is 658 Å². The van der Waals surface area contributed by atoms with Gasteiger partial charge >= 0.3 is 23.6 Å². The molecule has 0 radical (unpaired) electrons. The van der Waals surface area contributed by atoms with Crippen molar-refractivity contribution in [3.05, 3.63) is 286 Å². The molecule has 12 aromatic rings. The van der Waals surface area contributed by atoms with Crippen molar-refractivity contribution in [3.8, 4) is 46.0 Å². The highest BCUT2D eigenvalue weighted by Gasteiger charge is 2.37. The molecule has 0 bridgehead atoms. The van der Waals surface area contributed by atoms with Crippen LogP contribution in [0.5, 0.6) is 46.0 Å². The van der Waals surface area contributed by atoms with Crippen molar-refractivity contribution in [2.45, 2.75) is 129 Å². The maximum atomic E-state index is 13.2. The Bertz CT molecular complexity index is 6240. The smallest absolute Gasteiger partial charge is 0.305 e. The molecule has 792 valence electrons. The van der Waals surface area contributed by atoms with Crippen LogP contribution in [0.15, 0.2) is 230 Å². The van der Waals surface area contributed by atoms with Gasteiger partial charge in [-0.3, -0.25) is 82.5 Å². The summed E-state index contributed by atoms with van der Waals surface area (Å²) in [6.07, 6.45) is 0.249. The van der Waals surface area contributed by atoms with Gasteiger partial charge in [-0.15, -0.1) is 17.6 Å². The lowest BCUT2D eigenvalue weighted by Crippen LogP contribution is -2.45. The molecule has 16 N–H and O–H groups in total. The molecular formula is C96H116N20O28S4. The minimum Gasteiger partial charge on any atom is -0.494 e. The molecule has 0 fully saturated rings. The molecule has 0 aliphatic heterocycles. The van der Waals surface area contributed by atoms with Gasteiger partial charge in [0.15, 0.2) is 23.0 Å². The zero-order valence-electron chi connectivity index (χ0n) is 83.9. The van der Waals surface area contributed by atoms with Crippen molar-refractivity contribution in [1.29, 1.82) is 0 Å². The minimum absolute atomic E-state index is 0.00341. The largest absolute Gasteiger partial charge is 0.494 e. The average Bonchev–Trinajstić information content (AvgIpc) is 0.928. The number of nitrogens with one attached hydrogen (secondary N) is 12. The number of ether oxygens (including phenoxy) is 8. The van der Waals surface area contributed by atoms with Crippen LogP contribution in [0.25, 0.3) is 0 Å². The van der Waals surface area contributed by atoms with Gasteiger partial charge in [-0.1, -0.05) is 48.5 Å². The van der Waals surface area contributed by atoms with Gasteiger partial charge in [0.25, 0.3) is 40.1 Å². The molecule has 0 unspecified atom stereocenters. The molecule has 148 heavy (non-hydrogen) atoms. The predicted molar refractivity (Wildman–Crippen MR) is 548 cm³/mol. The fourth-order valence-corrected chi connectivity index (χ4v) is 16.6. The number of benzene rings is 4. The zero-order valence-corrected chi connectivity index (χ0v) is 87.2. The second-order valence-electron chi connectivity index (χ2n) is 32.1. The summed E-state index contributed by atoms with van der Waals surface area (Å²) in [7, 11) is -6.07. The van der Waals surface area contributed by atoms with Gasteiger partial charge in [0, 0.05) is 24.8 Å². The van der Waals surface area contributed by atoms with E-state index >= 15 is 0 Å². The predicted octanol–water partition coefficient (Wildman–Crippen LogP) is 9.85. The number of hydrogen-bond donors (Lipinski definition) is 16. The molecule has 48 nitrogen and oxygen atoms in total. The highest BCUT2D eigenvalue weighted by Crippen LogP contribution is 2.39. The van der Waals surface area contributed by atoms with Crippen molar-refractivity contribution in [2.24, 2.45) is 17.6 Å². The summed E-state index contributed by atoms with van der Waals surface area (Å²) in [4.78, 5) is 66.4. The number of hydrazine groups is 4. The number of aromatic nitrogens is 4. The van der Waals surface area contributed by atoms with Crippen molar-refractivity contribution >= 4 is 110 Å². The fraction of sp³-hybridized carbons (Fsp3) is 0.292. The second kappa shape index (κ2) is 52.9. The summed E-state index contributed by atoms with van der Waals surface area (Å²) in [5.74, 6) is 0.311. The van der Waals surface area contributed by atoms with Crippen molar-refractivity contribution in [1.82, 2.24) is 63.3 Å². The Morgan fingerprint density at radius 3 is 0.568 bits per heavy atom. The molecule has 12 rings (SSSR count). The monoisotopic (exact) mass is 2120 g/mol. The second-order valence-corrected chi connectivity index (χ2v) is 39.9. The highest BCUT2D eigenvalue weighted by molar-refractivity contribution is 7.91. The number of amides is 4. The summed E-state index contributed by atoms with van der Waals surface area (Å²) in [5.41, 5.74) is 24.3. The number of guanidine groups is 4. The summed E-state index contributed by atoms with van der Waals surface area (Å²) in [5, 5.41) is 48.3. The highest BCUT2D eigenvalue weighted by atomic mass is 32.2. The number of pyridine rings is 4. The van der Waals surface area contributed by atoms with Gasteiger partial charge in [0.2, 0.25) is 23.8 Å². The number of aryl methyl sites for hydroxylation is 8. The lowest BCUT2D eigenvalue weighted by molar-refractivity contribution is 0.0907. The number of hydrogen-bond acceptors (Lipinski definition) is 32. The first-order valence-corrected chi connectivity index (χ1v) is 50.4. The van der Waals surface area contributed by atoms with Crippen LogP contribution >= 0.6 is 0 Å². The number of carbonyl (C=O) groups excluding carboxylic acids is 4. The Balaban J connectivity index is 0.000000219. The normalized spacial score (nSPS) is 13.4. The number of methoxy groups -OCH3 is 8. The summed E-state index contributed by atoms with van der Waals surface area (Å²) >= 11 is 0. The van der Waals surface area contributed by atoms with Crippen LogP contribution < -0.4 is 103 Å². The zero-order chi connectivity index (χ0) is 109. The summed E-state index contributed by atoms with van der Waals surface area (Å²) in [6.45, 7) is 19.2. The molecule has 0 aliphatic rings. The van der Waals surface area contributed by atoms with Crippen LogP contribution in [-0.4, -0.2) is 199 Å². The molecule has 8 atom stereocenters. The first kappa shape index (κ1) is 115. The Hall–Kier alpha value is -16.4. The van der Waals surface area contributed by atoms with Crippen molar-refractivity contribution in [2.75, 3.05) is 78.1 Å². The van der Waals surface area contributed by atoms with E-state index in [9.17, 15) is 73.3 Å². The summed E-state index contributed by atoms with van der Waals surface area (Å²) in [6, 6.07) is 45.0. The standard InChI is InChI=1S/4C24H29N5O7S/c4*1-14-9-11-17(25-13-14)22(30)16(3)37(32,33)29-24(28-27-23(31)20-12-10-15(2)36-20)26-21-18(34-4)7-6-8-19(21)35-5/h4*6-13,16,22,30H,1-5H3,(H,27,31)(H2,26,28,29)/t2*16-,22+;2*16-,22-/m1010/s1. The van der Waals surface area contributed by atoms with E-state index in [1.807, 2.05) is 27.7 Å². The molecule has 0 saturated heterocycles. The van der Waals surface area contributed by atoms with Gasteiger partial charge < -0.3 is 97.3 Å². The number of carbonyl (C=O) groups is 4. The number of anilines is 4. The number of rotatable bonds is 32. The van der Waals surface area contributed by atoms with E-state index < -0.39 is 133 Å². The Morgan fingerprint density at radius 1 is 0.264 bits per heavy atom. The number of aliphatic hydroxyl groups is 4. The van der Waals surface area contributed by atoms with E-state index in [1.54, 1.807) is 173 Å². The van der Waals surface area contributed by atoms with E-state index in [0.717, 1.165) is 22.3 Å². The SMILES string of the molecule is COc1cccc(OC)c1NC(=NS(=O)(=O)[C@@H](C)[C@@H](O)c1ccc(C)cn1)NNC(=O)c1ccc(C)o1.COc1cccc(OC)c1NC(=NS(=O)(=O)[C@@H](C)[C@H](O)c1ccc(C)cn1)NNC(=O)c1ccc(C)o1.COc1cccc(OC)c1NC(=NS(=O)(=O)[C@H](C)[C@@H](O)c1ccc(C)cn1)NNC(=O)c1ccc(C)o1.COc1cccc(OC)c1NC(=NS(=O)(=O)[C@H](C)[C@H](O)c1ccc(C)cn1)NNC(=O)c1ccc(C)o1. The maximum Gasteiger partial charge on any atom is 0.305 e. The van der Waals surface area contributed by atoms with Gasteiger partial charge in [-0.25, -0.2) is 33.7 Å². The van der Waals surface area contributed by atoms with Crippen LogP contribution in [0.3, 0.4) is 0 Å². The summed E-state index contributed by atoms with van der Waals surface area (Å²) < 4.78 is 185. The number of para-hydroxylation sites is 4. The molecule has 0 spiro atoms. The molecule has 4 amide bonds. The van der Waals surface area contributed by atoms with E-state index in [0.29, 0.717) is 69.0 Å². The molecule has 52 heteroatoms. The Kier molecular flexibility index (Phi) is 41.2. The van der Waals surface area contributed by atoms with Crippen LogP contribution in [0.4, 0.5) is 22.7 Å². The van der Waals surface area contributed by atoms with Crippen molar-refractivity contribution < 1.29 is 129 Å². The first-order chi connectivity index (χ1) is 70.2. The molecule has 8 heterocycles.